The molecule has 1 fully saturated rings. The van der Waals surface area contributed by atoms with Gasteiger partial charge >= 0.3 is 12.5 Å². The lowest BCUT2D eigenvalue weighted by Gasteiger charge is -2.27. The van der Waals surface area contributed by atoms with Gasteiger partial charge in [-0.05, 0) is 97.0 Å². The largest absolute Gasteiger partial charge is 0.573 e. The molecule has 1 aliphatic carbocycles. The lowest BCUT2D eigenvalue weighted by atomic mass is 9.78. The number of rotatable bonds is 8. The highest BCUT2D eigenvalue weighted by atomic mass is 19.4. The third-order valence-electron chi connectivity index (χ3n) is 7.94. The molecule has 4 aromatic carbocycles. The van der Waals surface area contributed by atoms with Crippen LogP contribution in [0.25, 0.3) is 22.3 Å². The summed E-state index contributed by atoms with van der Waals surface area (Å²) in [6.45, 7) is 2.02. The summed E-state index contributed by atoms with van der Waals surface area (Å²) in [7, 11) is 0. The fourth-order valence-corrected chi connectivity index (χ4v) is 5.75. The molecule has 0 aliphatic heterocycles. The maximum atomic E-state index is 15.2. The highest BCUT2D eigenvalue weighted by molar-refractivity contribution is 5.71. The average Bonchev–Trinajstić information content (AvgIpc) is 2.98. The summed E-state index contributed by atoms with van der Waals surface area (Å²) in [6.07, 6.45) is -1.26. The van der Waals surface area contributed by atoms with Crippen molar-refractivity contribution in [3.63, 3.8) is 0 Å². The first-order chi connectivity index (χ1) is 21.7. The van der Waals surface area contributed by atoms with Crippen LogP contribution in [0.2, 0.25) is 0 Å². The van der Waals surface area contributed by atoms with Gasteiger partial charge in [-0.3, -0.25) is 0 Å². The van der Waals surface area contributed by atoms with E-state index in [2.05, 4.69) is 21.6 Å². The van der Waals surface area contributed by atoms with Gasteiger partial charge < -0.3 is 9.47 Å². The molecule has 46 heavy (non-hydrogen) atoms. The topological polar surface area (TPSA) is 18.5 Å². The van der Waals surface area contributed by atoms with Crippen LogP contribution in [0.3, 0.4) is 0 Å². The zero-order valence-electron chi connectivity index (χ0n) is 24.3. The number of halogens is 9. The van der Waals surface area contributed by atoms with E-state index in [1.165, 1.54) is 23.8 Å². The Morgan fingerprint density at radius 1 is 0.630 bits per heavy atom. The molecular formula is C35H27F9O2. The van der Waals surface area contributed by atoms with E-state index in [-0.39, 0.29) is 17.2 Å². The normalized spacial score (nSPS) is 17.3. The monoisotopic (exact) mass is 650 g/mol. The van der Waals surface area contributed by atoms with E-state index in [1.807, 2.05) is 31.2 Å². The summed E-state index contributed by atoms with van der Waals surface area (Å²) in [5.41, 5.74) is -0.0723. The van der Waals surface area contributed by atoms with Crippen LogP contribution in [-0.4, -0.2) is 6.36 Å². The third kappa shape index (κ3) is 7.51. The van der Waals surface area contributed by atoms with Gasteiger partial charge in [-0.2, -0.15) is 8.78 Å². The zero-order valence-corrected chi connectivity index (χ0v) is 24.3. The van der Waals surface area contributed by atoms with Crippen LogP contribution in [0.5, 0.6) is 11.5 Å². The predicted molar refractivity (Wildman–Crippen MR) is 154 cm³/mol. The molecule has 0 amide bonds. The van der Waals surface area contributed by atoms with Crippen LogP contribution in [0.15, 0.2) is 84.9 Å². The lowest BCUT2D eigenvalue weighted by Crippen LogP contribution is -2.25. The van der Waals surface area contributed by atoms with Crippen LogP contribution < -0.4 is 9.47 Å². The Bertz CT molecular complexity index is 1700. The van der Waals surface area contributed by atoms with E-state index >= 15 is 4.39 Å². The van der Waals surface area contributed by atoms with Gasteiger partial charge in [0.2, 0.25) is 0 Å². The molecule has 0 saturated heterocycles. The summed E-state index contributed by atoms with van der Waals surface area (Å²) in [6, 6.07) is 13.7. The molecule has 11 heteroatoms. The molecule has 242 valence electrons. The van der Waals surface area contributed by atoms with Crippen molar-refractivity contribution in [2.24, 2.45) is 5.92 Å². The molecule has 5 rings (SSSR count). The molecule has 0 aromatic heterocycles. The number of hydrogen-bond acceptors (Lipinski definition) is 2. The minimum absolute atomic E-state index is 0.139. The van der Waals surface area contributed by atoms with Crippen molar-refractivity contribution in [3.8, 4) is 33.8 Å². The predicted octanol–water partition coefficient (Wildman–Crippen LogP) is 11.5. The molecule has 1 aliphatic rings. The summed E-state index contributed by atoms with van der Waals surface area (Å²) >= 11 is 0. The molecule has 0 atom stereocenters. The van der Waals surface area contributed by atoms with Crippen molar-refractivity contribution in [1.82, 2.24) is 0 Å². The Labute approximate surface area is 259 Å². The van der Waals surface area contributed by atoms with Crippen molar-refractivity contribution in [1.29, 1.82) is 0 Å². The van der Waals surface area contributed by atoms with E-state index in [0.29, 0.717) is 41.7 Å². The Hall–Kier alpha value is -4.41. The number of alkyl halides is 5. The first-order valence-electron chi connectivity index (χ1n) is 14.4. The van der Waals surface area contributed by atoms with E-state index in [0.717, 1.165) is 31.2 Å². The zero-order chi connectivity index (χ0) is 33.2. The van der Waals surface area contributed by atoms with Crippen LogP contribution in [0, 0.1) is 29.2 Å². The molecule has 2 nitrogen and oxygen atoms in total. The summed E-state index contributed by atoms with van der Waals surface area (Å²) in [5.74, 6) is -7.46. The molecular weight excluding hydrogens is 623 g/mol. The fraction of sp³-hybridized carbons (Fsp3) is 0.257. The van der Waals surface area contributed by atoms with Crippen LogP contribution in [0.1, 0.15) is 49.7 Å². The highest BCUT2D eigenvalue weighted by Crippen LogP contribution is 2.40. The van der Waals surface area contributed by atoms with E-state index in [9.17, 15) is 35.1 Å². The Morgan fingerprint density at radius 3 is 1.80 bits per heavy atom. The molecule has 0 bridgehead atoms. The molecule has 1 saturated carbocycles. The van der Waals surface area contributed by atoms with Crippen molar-refractivity contribution >= 4 is 0 Å². The minimum atomic E-state index is -5.25. The summed E-state index contributed by atoms with van der Waals surface area (Å²) in [4.78, 5) is 0. The number of ether oxygens (including phenoxy) is 2. The number of benzene rings is 4. The Morgan fingerprint density at radius 2 is 1.24 bits per heavy atom. The maximum Gasteiger partial charge on any atom is 0.573 e. The Kier molecular flexibility index (Phi) is 9.42. The molecule has 0 radical (unpaired) electrons. The van der Waals surface area contributed by atoms with Gasteiger partial charge in [0.25, 0.3) is 0 Å². The quantitative estimate of drug-likeness (QED) is 0.140. The lowest BCUT2D eigenvalue weighted by molar-refractivity contribution is -0.275. The molecule has 4 aromatic rings. The van der Waals surface area contributed by atoms with Gasteiger partial charge in [0, 0.05) is 11.6 Å². The van der Waals surface area contributed by atoms with Gasteiger partial charge in [0.1, 0.15) is 28.8 Å². The van der Waals surface area contributed by atoms with Gasteiger partial charge in [-0.15, -0.1) is 13.2 Å². The third-order valence-corrected chi connectivity index (χ3v) is 7.94. The van der Waals surface area contributed by atoms with Crippen molar-refractivity contribution in [2.75, 3.05) is 0 Å². The van der Waals surface area contributed by atoms with E-state index in [4.69, 9.17) is 0 Å². The maximum absolute atomic E-state index is 15.2. The second-order valence-electron chi connectivity index (χ2n) is 11.0. The summed E-state index contributed by atoms with van der Waals surface area (Å²) in [5, 5.41) is 0. The average molecular weight is 651 g/mol. The van der Waals surface area contributed by atoms with Gasteiger partial charge in [-0.25, -0.2) is 17.6 Å². The van der Waals surface area contributed by atoms with E-state index in [1.54, 1.807) is 0 Å². The van der Waals surface area contributed by atoms with Crippen molar-refractivity contribution < 1.29 is 49.0 Å². The molecule has 0 spiro atoms. The highest BCUT2D eigenvalue weighted by Gasteiger charge is 2.42. The van der Waals surface area contributed by atoms with Crippen molar-refractivity contribution in [3.05, 3.63) is 119 Å². The standard InChI is InChI=1S/C35H27F9O2/c1-2-3-20-4-6-21(7-5-20)22-8-10-23(11-9-22)24-12-14-27(28(36)16-24)25-17-30(38)33(31(39)18-25)34(40,41)45-26-13-15-32(29(37)19-26)46-35(42,43)44/h2-3,8-21H,4-7H2,1H3/b3-2+. The van der Waals surface area contributed by atoms with Crippen LogP contribution in [0.4, 0.5) is 39.5 Å². The SMILES string of the molecule is C/C=C/C1CCC(c2ccc(-c3ccc(-c4cc(F)c(C(F)(F)Oc5ccc(OC(F)(F)F)c(F)c5)c(F)c4)c(F)c3)cc2)CC1. The van der Waals surface area contributed by atoms with Gasteiger partial charge in [0.15, 0.2) is 11.6 Å². The molecule has 0 unspecified atom stereocenters. The first-order valence-corrected chi connectivity index (χ1v) is 14.4. The smallest absolute Gasteiger partial charge is 0.429 e. The van der Waals surface area contributed by atoms with Crippen LogP contribution in [-0.2, 0) is 6.11 Å². The number of allylic oxidation sites excluding steroid dienone is 2. The Balaban J connectivity index is 1.32. The second kappa shape index (κ2) is 13.1. The molecule has 0 N–H and O–H groups in total. The number of hydrogen-bond donors (Lipinski definition) is 0. The molecule has 0 heterocycles. The van der Waals surface area contributed by atoms with E-state index < -0.39 is 52.8 Å². The fourth-order valence-electron chi connectivity index (χ4n) is 5.75. The van der Waals surface area contributed by atoms with Crippen molar-refractivity contribution in [2.45, 2.75) is 51.0 Å². The minimum Gasteiger partial charge on any atom is -0.429 e. The van der Waals surface area contributed by atoms with Gasteiger partial charge in [-0.1, -0.05) is 48.6 Å². The van der Waals surface area contributed by atoms with Crippen LogP contribution >= 0.6 is 0 Å². The first kappa shape index (κ1) is 33.0. The summed E-state index contributed by atoms with van der Waals surface area (Å²) < 4.78 is 133. The van der Waals surface area contributed by atoms with Gasteiger partial charge in [0.05, 0.1) is 0 Å². The second-order valence-corrected chi connectivity index (χ2v) is 11.0.